The van der Waals surface area contributed by atoms with E-state index in [-0.39, 0.29) is 11.2 Å². The topological polar surface area (TPSA) is 49.8 Å². The van der Waals surface area contributed by atoms with Crippen molar-refractivity contribution in [3.63, 3.8) is 0 Å². The number of hydrogen-bond acceptors (Lipinski definition) is 6. The van der Waals surface area contributed by atoms with Gasteiger partial charge >= 0.3 is 0 Å². The van der Waals surface area contributed by atoms with Crippen LogP contribution < -0.4 is 10.6 Å². The van der Waals surface area contributed by atoms with E-state index < -0.39 is 11.6 Å². The summed E-state index contributed by atoms with van der Waals surface area (Å²) in [5.74, 6) is -0.851. The van der Waals surface area contributed by atoms with Crippen molar-refractivity contribution in [2.24, 2.45) is 0 Å². The number of thiophene rings is 1. The number of rotatable bonds is 3. The summed E-state index contributed by atoms with van der Waals surface area (Å²) in [7, 11) is 0. The average Bonchev–Trinajstić information content (AvgIpc) is 3.37. The Kier molecular flexibility index (Phi) is 4.07. The molecule has 1 fully saturated rings. The van der Waals surface area contributed by atoms with E-state index in [2.05, 4.69) is 33.6 Å². The van der Waals surface area contributed by atoms with Crippen molar-refractivity contribution in [2.45, 2.75) is 25.3 Å². The maximum absolute atomic E-state index is 14.8. The summed E-state index contributed by atoms with van der Waals surface area (Å²) < 4.78 is 29.8. The molecule has 4 heterocycles. The zero-order chi connectivity index (χ0) is 18.5. The quantitative estimate of drug-likeness (QED) is 0.482. The van der Waals surface area contributed by atoms with Crippen LogP contribution in [0.15, 0.2) is 29.9 Å². The Morgan fingerprint density at radius 1 is 1.26 bits per heavy atom. The minimum absolute atomic E-state index is 0.176. The molecule has 0 saturated carbocycles. The van der Waals surface area contributed by atoms with Crippen LogP contribution in [0.1, 0.15) is 24.1 Å². The van der Waals surface area contributed by atoms with E-state index in [9.17, 15) is 8.78 Å². The number of thiazole rings is 1. The first-order chi connectivity index (χ1) is 13.1. The third-order valence-corrected chi connectivity index (χ3v) is 7.07. The van der Waals surface area contributed by atoms with E-state index in [1.807, 2.05) is 0 Å². The largest absolute Gasteiger partial charge is 0.350 e. The van der Waals surface area contributed by atoms with Gasteiger partial charge in [0.1, 0.15) is 16.0 Å². The van der Waals surface area contributed by atoms with Crippen LogP contribution in [0, 0.1) is 11.6 Å². The predicted molar refractivity (Wildman–Crippen MR) is 107 cm³/mol. The fourth-order valence-electron chi connectivity index (χ4n) is 3.68. The number of pyridine rings is 1. The van der Waals surface area contributed by atoms with Gasteiger partial charge in [-0.25, -0.2) is 18.7 Å². The molecule has 0 amide bonds. The second-order valence-electron chi connectivity index (χ2n) is 6.74. The summed E-state index contributed by atoms with van der Waals surface area (Å²) in [5, 5.41) is 7.29. The molecule has 27 heavy (non-hydrogen) atoms. The van der Waals surface area contributed by atoms with E-state index in [1.54, 1.807) is 23.6 Å². The third-order valence-electron chi connectivity index (χ3n) is 5.12. The number of nitrogens with one attached hydrogen (secondary N) is 2. The van der Waals surface area contributed by atoms with Gasteiger partial charge in [0.25, 0.3) is 0 Å². The zero-order valence-corrected chi connectivity index (χ0v) is 16.1. The Morgan fingerprint density at radius 3 is 2.96 bits per heavy atom. The van der Waals surface area contributed by atoms with Gasteiger partial charge in [-0.2, -0.15) is 0 Å². The lowest BCUT2D eigenvalue weighted by Crippen LogP contribution is -2.20. The molecule has 8 heteroatoms. The molecule has 0 aliphatic carbocycles. The monoisotopic (exact) mass is 402 g/mol. The number of hydrogen-bond donors (Lipinski definition) is 2. The Labute approximate surface area is 162 Å². The fraction of sp³-hybridized carbons (Fsp3) is 0.263. The number of nitrogens with zero attached hydrogens (tertiary/aromatic N) is 2. The van der Waals surface area contributed by atoms with E-state index in [4.69, 9.17) is 0 Å². The highest BCUT2D eigenvalue weighted by molar-refractivity contribution is 7.18. The van der Waals surface area contributed by atoms with E-state index in [0.717, 1.165) is 23.2 Å². The van der Waals surface area contributed by atoms with Crippen molar-refractivity contribution >= 4 is 54.5 Å². The summed E-state index contributed by atoms with van der Waals surface area (Å²) in [6.45, 7) is 3.19. The molecule has 1 aromatic carbocycles. The highest BCUT2D eigenvalue weighted by Gasteiger charge is 2.26. The van der Waals surface area contributed by atoms with Crippen molar-refractivity contribution in [2.75, 3.05) is 11.9 Å². The first-order valence-electron chi connectivity index (χ1n) is 8.72. The number of benzene rings is 1. The van der Waals surface area contributed by atoms with Gasteiger partial charge in [0, 0.05) is 28.4 Å². The van der Waals surface area contributed by atoms with Gasteiger partial charge in [-0.15, -0.1) is 22.7 Å². The molecule has 1 aliphatic rings. The van der Waals surface area contributed by atoms with Gasteiger partial charge in [-0.3, -0.25) is 0 Å². The highest BCUT2D eigenvalue weighted by atomic mass is 32.1. The van der Waals surface area contributed by atoms with Crippen molar-refractivity contribution in [3.8, 4) is 0 Å². The SMILES string of the molecule is C[C@H]1NCC[C@H]1c1cc2c(Nc3c(F)cc4scnc4c3F)ccnc2s1. The molecule has 0 radical (unpaired) electrons. The van der Waals surface area contributed by atoms with Crippen molar-refractivity contribution in [3.05, 3.63) is 46.4 Å². The molecule has 4 aromatic rings. The molecule has 0 spiro atoms. The van der Waals surface area contributed by atoms with Crippen molar-refractivity contribution < 1.29 is 8.78 Å². The maximum atomic E-state index is 14.8. The molecule has 1 saturated heterocycles. The number of aromatic nitrogens is 2. The molecule has 0 unspecified atom stereocenters. The van der Waals surface area contributed by atoms with E-state index >= 15 is 0 Å². The standard InChI is InChI=1S/C19H16F2N4S2/c1-9-10(2-4-22-9)14-6-11-13(3-5-23-19(11)27-14)25-17-12(20)7-15-18(16(17)21)24-8-26-15/h3,5-10,22H,2,4H2,1H3,(H,23,25)/t9-,10-/m1/s1. The molecule has 5 rings (SSSR count). The number of fused-ring (bicyclic) bond motifs is 2. The first kappa shape index (κ1) is 17.0. The molecular formula is C19H16F2N4S2. The molecule has 3 aromatic heterocycles. The smallest absolute Gasteiger partial charge is 0.176 e. The van der Waals surface area contributed by atoms with Gasteiger partial charge in [0.05, 0.1) is 15.9 Å². The second kappa shape index (κ2) is 6.47. The lowest BCUT2D eigenvalue weighted by Gasteiger charge is -2.12. The minimum atomic E-state index is -0.666. The molecule has 1 aliphatic heterocycles. The molecule has 0 bridgehead atoms. The van der Waals surface area contributed by atoms with Crippen LogP contribution in [0.4, 0.5) is 20.2 Å². The highest BCUT2D eigenvalue weighted by Crippen LogP contribution is 2.39. The number of anilines is 2. The molecule has 2 atom stereocenters. The minimum Gasteiger partial charge on any atom is -0.350 e. The Morgan fingerprint density at radius 2 is 2.15 bits per heavy atom. The van der Waals surface area contributed by atoms with Crippen LogP contribution >= 0.6 is 22.7 Å². The maximum Gasteiger partial charge on any atom is 0.176 e. The van der Waals surface area contributed by atoms with Crippen molar-refractivity contribution in [1.82, 2.24) is 15.3 Å². The van der Waals surface area contributed by atoms with Crippen LogP contribution in [-0.2, 0) is 0 Å². The third kappa shape index (κ3) is 2.79. The lowest BCUT2D eigenvalue weighted by molar-refractivity contribution is 0.598. The van der Waals surface area contributed by atoms with E-state index in [0.29, 0.717) is 22.3 Å². The van der Waals surface area contributed by atoms with Crippen LogP contribution in [0.2, 0.25) is 0 Å². The fourth-order valence-corrected chi connectivity index (χ4v) is 5.64. The van der Waals surface area contributed by atoms with Crippen molar-refractivity contribution in [1.29, 1.82) is 0 Å². The van der Waals surface area contributed by atoms with Gasteiger partial charge in [-0.1, -0.05) is 0 Å². The second-order valence-corrected chi connectivity index (χ2v) is 8.68. The van der Waals surface area contributed by atoms with Gasteiger partial charge in [0.15, 0.2) is 11.6 Å². The van der Waals surface area contributed by atoms with Crippen LogP contribution in [0.3, 0.4) is 0 Å². The normalized spacial score (nSPS) is 20.0. The molecular weight excluding hydrogens is 386 g/mol. The summed E-state index contributed by atoms with van der Waals surface area (Å²) >= 11 is 2.86. The lowest BCUT2D eigenvalue weighted by atomic mass is 10.00. The summed E-state index contributed by atoms with van der Waals surface area (Å²) in [6.07, 6.45) is 2.75. The summed E-state index contributed by atoms with van der Waals surface area (Å²) in [4.78, 5) is 10.6. The van der Waals surface area contributed by atoms with Gasteiger partial charge in [0.2, 0.25) is 0 Å². The molecule has 2 N–H and O–H groups in total. The Bertz CT molecular complexity index is 1150. The molecule has 4 nitrogen and oxygen atoms in total. The Hall–Kier alpha value is -2.16. The number of halogens is 2. The molecule has 138 valence electrons. The van der Waals surface area contributed by atoms with E-state index in [1.165, 1.54) is 27.8 Å². The Balaban J connectivity index is 1.58. The van der Waals surface area contributed by atoms with Gasteiger partial charge in [-0.05, 0) is 38.1 Å². The first-order valence-corrected chi connectivity index (χ1v) is 10.4. The van der Waals surface area contributed by atoms with Gasteiger partial charge < -0.3 is 10.6 Å². The van der Waals surface area contributed by atoms with Crippen LogP contribution in [0.5, 0.6) is 0 Å². The predicted octanol–water partition coefficient (Wildman–Crippen LogP) is 5.39. The van der Waals surface area contributed by atoms with Crippen LogP contribution in [0.25, 0.3) is 20.4 Å². The zero-order valence-electron chi connectivity index (χ0n) is 14.4. The summed E-state index contributed by atoms with van der Waals surface area (Å²) in [5.41, 5.74) is 2.17. The average molecular weight is 402 g/mol. The summed E-state index contributed by atoms with van der Waals surface area (Å²) in [6, 6.07) is 5.58. The van der Waals surface area contributed by atoms with Crippen LogP contribution in [-0.4, -0.2) is 22.6 Å².